The van der Waals surface area contributed by atoms with Crippen LogP contribution in [-0.2, 0) is 7.05 Å². The molecule has 0 aromatic carbocycles. The van der Waals surface area contributed by atoms with E-state index in [9.17, 15) is 0 Å². The Morgan fingerprint density at radius 1 is 1.22 bits per heavy atom. The van der Waals surface area contributed by atoms with Crippen LogP contribution < -0.4 is 0 Å². The number of pyridine rings is 1. The maximum absolute atomic E-state index is 4.56. The molecular weight excluding hydrogens is 359 g/mol. The summed E-state index contributed by atoms with van der Waals surface area (Å²) in [6.45, 7) is 2.11. The lowest BCUT2D eigenvalue weighted by Crippen LogP contribution is -1.85. The van der Waals surface area contributed by atoms with Crippen molar-refractivity contribution < 1.29 is 0 Å². The first-order chi connectivity index (χ1) is 8.69. The number of halogens is 1. The first kappa shape index (κ1) is 12.0. The maximum atomic E-state index is 4.56. The normalized spacial score (nSPS) is 11.3. The van der Waals surface area contributed by atoms with Crippen molar-refractivity contribution in [1.29, 1.82) is 0 Å². The van der Waals surface area contributed by atoms with Crippen LogP contribution in [0, 0.1) is 6.92 Å². The van der Waals surface area contributed by atoms with Crippen molar-refractivity contribution >= 4 is 41.4 Å². The second-order valence-electron chi connectivity index (χ2n) is 4.20. The van der Waals surface area contributed by atoms with E-state index in [-0.39, 0.29) is 0 Å². The lowest BCUT2D eigenvalue weighted by molar-refractivity contribution is 0.768. The molecule has 3 heterocycles. The van der Waals surface area contributed by atoms with E-state index in [0.29, 0.717) is 0 Å². The third kappa shape index (κ3) is 1.93. The number of nitrogens with zero attached hydrogens (tertiary/aromatic N) is 4. The molecule has 0 amide bonds. The molecule has 0 fully saturated rings. The molecule has 0 aliphatic rings. The van der Waals surface area contributed by atoms with Gasteiger partial charge in [0.1, 0.15) is 0 Å². The molecule has 3 aromatic rings. The van der Waals surface area contributed by atoms with Crippen LogP contribution in [0.3, 0.4) is 0 Å². The van der Waals surface area contributed by atoms with E-state index >= 15 is 0 Å². The first-order valence-electron chi connectivity index (χ1n) is 5.45. The van der Waals surface area contributed by atoms with Gasteiger partial charge in [0.05, 0.1) is 6.20 Å². The molecule has 0 saturated carbocycles. The van der Waals surface area contributed by atoms with Gasteiger partial charge in [-0.25, -0.2) is 4.98 Å². The number of aromatic nitrogens is 4. The van der Waals surface area contributed by atoms with Crippen molar-refractivity contribution in [2.45, 2.75) is 6.92 Å². The molecule has 3 rings (SSSR count). The predicted molar refractivity (Wildman–Crippen MR) is 83.7 cm³/mol. The third-order valence-electron chi connectivity index (χ3n) is 2.92. The summed E-state index contributed by atoms with van der Waals surface area (Å²) < 4.78 is 3.89. The summed E-state index contributed by atoms with van der Waals surface area (Å²) in [5.74, 6) is 0. The van der Waals surface area contributed by atoms with Crippen LogP contribution >= 0.6 is 30.3 Å². The third-order valence-corrected chi connectivity index (χ3v) is 4.62. The van der Waals surface area contributed by atoms with Crippen molar-refractivity contribution in [3.8, 4) is 11.1 Å². The van der Waals surface area contributed by atoms with E-state index in [2.05, 4.69) is 54.4 Å². The van der Waals surface area contributed by atoms with Gasteiger partial charge in [0.25, 0.3) is 0 Å². The zero-order valence-corrected chi connectivity index (χ0v) is 12.9. The van der Waals surface area contributed by atoms with Gasteiger partial charge in [-0.05, 0) is 18.6 Å². The minimum Gasteiger partial charge on any atom is -0.275 e. The van der Waals surface area contributed by atoms with E-state index in [1.165, 1.54) is 10.9 Å². The Morgan fingerprint density at radius 2 is 2.06 bits per heavy atom. The highest BCUT2D eigenvalue weighted by atomic mass is 127. The standard InChI is InChI=1S/C12H11IN4S/c1-8-6-17(18-13)12-11(8)3-9(4-14-12)10-5-15-16(2)7-10/h3-7H,1-2H3. The lowest BCUT2D eigenvalue weighted by Gasteiger charge is -2.00. The Hall–Kier alpha value is -1.02. The summed E-state index contributed by atoms with van der Waals surface area (Å²) in [5, 5.41) is 5.39. The van der Waals surface area contributed by atoms with Crippen LogP contribution in [0.2, 0.25) is 0 Å². The minimum atomic E-state index is 1.01. The monoisotopic (exact) mass is 370 g/mol. The van der Waals surface area contributed by atoms with Crippen LogP contribution in [-0.4, -0.2) is 18.7 Å². The molecule has 0 aliphatic carbocycles. The molecule has 0 saturated heterocycles. The molecular formula is C12H11IN4S. The number of hydrogen-bond donors (Lipinski definition) is 0. The van der Waals surface area contributed by atoms with E-state index in [0.717, 1.165) is 16.8 Å². The summed E-state index contributed by atoms with van der Waals surface area (Å²) in [4.78, 5) is 4.56. The van der Waals surface area contributed by atoms with Crippen LogP contribution in [0.5, 0.6) is 0 Å². The number of hydrogen-bond acceptors (Lipinski definition) is 3. The van der Waals surface area contributed by atoms with Crippen LogP contribution in [0.4, 0.5) is 0 Å². The summed E-state index contributed by atoms with van der Waals surface area (Å²) >= 11 is 2.26. The predicted octanol–water partition coefficient (Wildman–Crippen LogP) is 3.59. The van der Waals surface area contributed by atoms with Gasteiger partial charge in [0, 0.05) is 72.5 Å². The van der Waals surface area contributed by atoms with Gasteiger partial charge in [-0.15, -0.1) is 0 Å². The zero-order valence-electron chi connectivity index (χ0n) is 9.96. The van der Waals surface area contributed by atoms with Gasteiger partial charge in [-0.1, -0.05) is 0 Å². The highest BCUT2D eigenvalue weighted by Gasteiger charge is 2.09. The zero-order chi connectivity index (χ0) is 12.7. The Bertz CT molecular complexity index is 716. The van der Waals surface area contributed by atoms with E-state index in [1.54, 1.807) is 13.8 Å². The molecule has 0 N–H and O–H groups in total. The molecule has 0 aliphatic heterocycles. The second kappa shape index (κ2) is 4.58. The Morgan fingerprint density at radius 3 is 2.72 bits per heavy atom. The highest BCUT2D eigenvalue weighted by molar-refractivity contribution is 14.2. The molecule has 0 unspecified atom stereocenters. The van der Waals surface area contributed by atoms with Gasteiger partial charge >= 0.3 is 0 Å². The van der Waals surface area contributed by atoms with Crippen LogP contribution in [0.15, 0.2) is 30.9 Å². The molecule has 0 radical (unpaired) electrons. The number of rotatable bonds is 2. The van der Waals surface area contributed by atoms with Gasteiger partial charge in [-0.3, -0.25) is 8.65 Å². The summed E-state index contributed by atoms with van der Waals surface area (Å²) in [5.41, 5.74) is 4.46. The molecule has 6 heteroatoms. The topological polar surface area (TPSA) is 35.6 Å². The molecule has 0 spiro atoms. The van der Waals surface area contributed by atoms with E-state index in [4.69, 9.17) is 0 Å². The summed E-state index contributed by atoms with van der Waals surface area (Å²) in [6, 6.07) is 2.18. The average molecular weight is 370 g/mol. The van der Waals surface area contributed by atoms with Crippen molar-refractivity contribution in [2.24, 2.45) is 7.05 Å². The van der Waals surface area contributed by atoms with Crippen molar-refractivity contribution in [3.05, 3.63) is 36.4 Å². The molecule has 4 nitrogen and oxygen atoms in total. The van der Waals surface area contributed by atoms with Crippen molar-refractivity contribution in [2.75, 3.05) is 0 Å². The molecule has 3 aromatic heterocycles. The quantitative estimate of drug-likeness (QED) is 0.647. The molecule has 18 heavy (non-hydrogen) atoms. The fourth-order valence-corrected chi connectivity index (χ4v) is 3.32. The van der Waals surface area contributed by atoms with Gasteiger partial charge < -0.3 is 0 Å². The molecule has 0 bridgehead atoms. The molecule has 0 atom stereocenters. The average Bonchev–Trinajstić information content (AvgIpc) is 2.94. The summed E-state index contributed by atoms with van der Waals surface area (Å²) in [7, 11) is 3.55. The fourth-order valence-electron chi connectivity index (χ4n) is 2.01. The second-order valence-corrected chi connectivity index (χ2v) is 5.92. The Labute approximate surface area is 121 Å². The molecule has 92 valence electrons. The number of aryl methyl sites for hydroxylation is 2. The highest BCUT2D eigenvalue weighted by Crippen LogP contribution is 2.29. The van der Waals surface area contributed by atoms with Gasteiger partial charge in [0.2, 0.25) is 0 Å². The maximum Gasteiger partial charge on any atom is 0.150 e. The van der Waals surface area contributed by atoms with Crippen LogP contribution in [0.1, 0.15) is 5.56 Å². The van der Waals surface area contributed by atoms with Crippen molar-refractivity contribution in [3.63, 3.8) is 0 Å². The van der Waals surface area contributed by atoms with Gasteiger partial charge in [-0.2, -0.15) is 5.10 Å². The van der Waals surface area contributed by atoms with Crippen molar-refractivity contribution in [1.82, 2.24) is 18.7 Å². The Kier molecular flexibility index (Phi) is 3.06. The SMILES string of the molecule is Cc1cn(SI)c2ncc(-c3cnn(C)c3)cc12. The first-order valence-corrected chi connectivity index (χ1v) is 8.76. The minimum absolute atomic E-state index is 1.01. The lowest BCUT2D eigenvalue weighted by atomic mass is 10.1. The van der Waals surface area contributed by atoms with Gasteiger partial charge in [0.15, 0.2) is 5.65 Å². The van der Waals surface area contributed by atoms with E-state index in [1.807, 2.05) is 25.6 Å². The van der Waals surface area contributed by atoms with Crippen LogP contribution in [0.25, 0.3) is 22.2 Å². The smallest absolute Gasteiger partial charge is 0.150 e. The fraction of sp³-hybridized carbons (Fsp3) is 0.167. The van der Waals surface area contributed by atoms with E-state index < -0.39 is 0 Å². The number of fused-ring (bicyclic) bond motifs is 1. The summed E-state index contributed by atoms with van der Waals surface area (Å²) in [6.07, 6.45) is 7.88. The largest absolute Gasteiger partial charge is 0.275 e. The Balaban J connectivity index is 2.19.